The number of aliphatic hydroxyl groups excluding tert-OH is 1. The van der Waals surface area contributed by atoms with Gasteiger partial charge in [-0.3, -0.25) is 14.5 Å². The molecule has 0 radical (unpaired) electrons. The van der Waals surface area contributed by atoms with Crippen LogP contribution in [0.25, 0.3) is 16.0 Å². The van der Waals surface area contributed by atoms with Crippen molar-refractivity contribution in [1.29, 1.82) is 0 Å². The number of ketones is 1. The first-order valence-corrected chi connectivity index (χ1v) is 15.0. The maximum absolute atomic E-state index is 13.7. The Bertz CT molecular complexity index is 1710. The van der Waals surface area contributed by atoms with E-state index in [-0.39, 0.29) is 11.3 Å². The summed E-state index contributed by atoms with van der Waals surface area (Å²) in [5.74, 6) is -0.0791. The minimum absolute atomic E-state index is 0.0135. The highest BCUT2D eigenvalue weighted by molar-refractivity contribution is 7.22. The zero-order valence-electron chi connectivity index (χ0n) is 23.8. The van der Waals surface area contributed by atoms with Gasteiger partial charge in [0.2, 0.25) is 0 Å². The minimum atomic E-state index is -0.894. The van der Waals surface area contributed by atoms with E-state index in [1.807, 2.05) is 50.2 Å². The monoisotopic (exact) mass is 584 g/mol. The van der Waals surface area contributed by atoms with Crippen molar-refractivity contribution in [1.82, 2.24) is 4.98 Å². The Labute approximate surface area is 248 Å². The fraction of sp³-hybridized carbons (Fsp3) is 0.303. The number of nitrogens with zero attached hydrogens (tertiary/aromatic N) is 2. The van der Waals surface area contributed by atoms with Gasteiger partial charge in [0.15, 0.2) is 16.6 Å². The first-order chi connectivity index (χ1) is 20.4. The molecule has 1 aromatic heterocycles. The number of aryl methyl sites for hydroxylation is 2. The molecule has 1 fully saturated rings. The van der Waals surface area contributed by atoms with Crippen LogP contribution in [0, 0.1) is 13.8 Å². The molecule has 0 unspecified atom stereocenters. The van der Waals surface area contributed by atoms with Crippen molar-refractivity contribution in [2.75, 3.05) is 24.7 Å². The average molecular weight is 585 g/mol. The van der Waals surface area contributed by atoms with Crippen molar-refractivity contribution in [3.8, 4) is 17.2 Å². The van der Waals surface area contributed by atoms with Crippen LogP contribution >= 0.6 is 11.3 Å². The number of carbonyl (C=O) groups is 2. The lowest BCUT2D eigenvalue weighted by Gasteiger charge is -2.23. The van der Waals surface area contributed by atoms with Crippen LogP contribution in [-0.2, 0) is 9.59 Å². The number of anilines is 1. The highest BCUT2D eigenvalue weighted by Gasteiger charge is 2.48. The molecule has 216 valence electrons. The molecule has 0 bridgehead atoms. The first-order valence-electron chi connectivity index (χ1n) is 14.2. The minimum Gasteiger partial charge on any atom is -0.507 e. The number of rotatable bonds is 8. The molecule has 1 amide bonds. The van der Waals surface area contributed by atoms with Gasteiger partial charge in [-0.15, -0.1) is 0 Å². The molecule has 3 heterocycles. The highest BCUT2D eigenvalue weighted by atomic mass is 32.1. The second-order valence-corrected chi connectivity index (χ2v) is 11.6. The molecule has 0 aliphatic carbocycles. The maximum Gasteiger partial charge on any atom is 0.301 e. The van der Waals surface area contributed by atoms with Gasteiger partial charge in [0.25, 0.3) is 5.78 Å². The summed E-state index contributed by atoms with van der Waals surface area (Å²) in [4.78, 5) is 33.6. The number of aromatic nitrogens is 1. The Morgan fingerprint density at radius 1 is 1.02 bits per heavy atom. The molecular weight excluding hydrogens is 552 g/mol. The van der Waals surface area contributed by atoms with Crippen molar-refractivity contribution >= 4 is 44.1 Å². The number of thiazole rings is 1. The van der Waals surface area contributed by atoms with Crippen LogP contribution in [0.5, 0.6) is 17.2 Å². The predicted octanol–water partition coefficient (Wildman–Crippen LogP) is 6.88. The molecule has 0 spiro atoms. The Balaban J connectivity index is 1.46. The summed E-state index contributed by atoms with van der Waals surface area (Å²) in [5.41, 5.74) is 3.85. The van der Waals surface area contributed by atoms with Gasteiger partial charge in [0, 0.05) is 5.56 Å². The molecule has 0 saturated carbocycles. The average Bonchev–Trinajstić information content (AvgIpc) is 3.53. The molecule has 2 aliphatic heterocycles. The summed E-state index contributed by atoms with van der Waals surface area (Å²) in [6.45, 7) is 7.56. The van der Waals surface area contributed by atoms with E-state index in [0.717, 1.165) is 40.6 Å². The molecule has 4 aromatic rings. The molecular formula is C33H32N2O6S. The topological polar surface area (TPSA) is 98.2 Å². The van der Waals surface area contributed by atoms with Crippen molar-refractivity contribution < 1.29 is 28.9 Å². The normalized spacial score (nSPS) is 17.7. The Morgan fingerprint density at radius 3 is 2.55 bits per heavy atom. The molecule has 2 aliphatic rings. The summed E-state index contributed by atoms with van der Waals surface area (Å²) >= 11 is 1.35. The summed E-state index contributed by atoms with van der Waals surface area (Å²) in [6.07, 6.45) is 3.16. The van der Waals surface area contributed by atoms with E-state index >= 15 is 0 Å². The van der Waals surface area contributed by atoms with Crippen LogP contribution in [0.2, 0.25) is 0 Å². The van der Waals surface area contributed by atoms with Gasteiger partial charge in [0.1, 0.15) is 24.7 Å². The lowest BCUT2D eigenvalue weighted by molar-refractivity contribution is -0.132. The van der Waals surface area contributed by atoms with Crippen molar-refractivity contribution in [2.45, 2.75) is 46.1 Å². The van der Waals surface area contributed by atoms with Crippen LogP contribution in [0.3, 0.4) is 0 Å². The fourth-order valence-electron chi connectivity index (χ4n) is 5.44. The Kier molecular flexibility index (Phi) is 7.60. The summed E-state index contributed by atoms with van der Waals surface area (Å²) in [7, 11) is 0. The molecule has 1 atom stereocenters. The zero-order valence-corrected chi connectivity index (χ0v) is 24.6. The number of Topliss-reactive ketones (excluding diaryl/α,β-unsaturated/α-hetero) is 1. The summed E-state index contributed by atoms with van der Waals surface area (Å²) in [5, 5.41) is 12.0. The predicted molar refractivity (Wildman–Crippen MR) is 163 cm³/mol. The zero-order chi connectivity index (χ0) is 29.4. The number of ether oxygens (including phenoxy) is 3. The van der Waals surface area contributed by atoms with Crippen molar-refractivity contribution in [3.63, 3.8) is 0 Å². The van der Waals surface area contributed by atoms with E-state index in [1.54, 1.807) is 18.2 Å². The quantitative estimate of drug-likeness (QED) is 0.104. The molecule has 1 N–H and O–H groups in total. The number of hydrogen-bond donors (Lipinski definition) is 1. The molecule has 8 nitrogen and oxygen atoms in total. The van der Waals surface area contributed by atoms with E-state index < -0.39 is 17.7 Å². The van der Waals surface area contributed by atoms with E-state index in [9.17, 15) is 14.7 Å². The van der Waals surface area contributed by atoms with E-state index in [0.29, 0.717) is 53.3 Å². The van der Waals surface area contributed by atoms with Gasteiger partial charge in [-0.05, 0) is 73.4 Å². The second-order valence-electron chi connectivity index (χ2n) is 10.6. The smallest absolute Gasteiger partial charge is 0.301 e. The van der Waals surface area contributed by atoms with Gasteiger partial charge in [-0.1, -0.05) is 49.3 Å². The van der Waals surface area contributed by atoms with Crippen LogP contribution in [0.4, 0.5) is 5.13 Å². The molecule has 1 saturated heterocycles. The number of carbonyl (C=O) groups excluding carboxylic acids is 2. The molecule has 9 heteroatoms. The number of unbranched alkanes of at least 4 members (excludes halogenated alkanes) is 2. The summed E-state index contributed by atoms with van der Waals surface area (Å²) < 4.78 is 18.1. The lowest BCUT2D eigenvalue weighted by atomic mass is 9.95. The van der Waals surface area contributed by atoms with Gasteiger partial charge in [0.05, 0.1) is 28.4 Å². The lowest BCUT2D eigenvalue weighted by Crippen LogP contribution is -2.29. The van der Waals surface area contributed by atoms with Crippen molar-refractivity contribution in [3.05, 3.63) is 82.4 Å². The standard InChI is InChI=1S/C33H32N2O6S/c1-4-5-6-13-39-23-10-7-21(8-11-23)29-27(30(36)22-9-12-24-25(18-22)41-15-14-40-24)31(37)32(38)35(29)33-34-28-20(3)16-19(2)17-26(28)42-33/h7-12,16-18,29,36H,4-6,13-15H2,1-3H3/b30-27+/t29-/m1/s1. The number of amides is 1. The molecule has 6 rings (SSSR count). The van der Waals surface area contributed by atoms with Crippen LogP contribution in [0.1, 0.15) is 54.5 Å². The maximum atomic E-state index is 13.7. The van der Waals surface area contributed by atoms with Crippen molar-refractivity contribution in [2.24, 2.45) is 0 Å². The number of fused-ring (bicyclic) bond motifs is 2. The van der Waals surface area contributed by atoms with Crippen LogP contribution in [-0.4, -0.2) is 41.6 Å². The van der Waals surface area contributed by atoms with E-state index in [2.05, 4.69) is 6.92 Å². The van der Waals surface area contributed by atoms with Gasteiger partial charge in [-0.25, -0.2) is 4.98 Å². The third-order valence-corrected chi connectivity index (χ3v) is 8.50. The van der Waals surface area contributed by atoms with Crippen LogP contribution in [0.15, 0.2) is 60.2 Å². The third kappa shape index (κ3) is 5.09. The Morgan fingerprint density at radius 2 is 1.79 bits per heavy atom. The third-order valence-electron chi connectivity index (χ3n) is 7.50. The largest absolute Gasteiger partial charge is 0.507 e. The SMILES string of the molecule is CCCCCOc1ccc([C@@H]2/C(=C(\O)c3ccc4c(c3)OCCO4)C(=O)C(=O)N2c2nc3c(C)cc(C)cc3s2)cc1. The van der Waals surface area contributed by atoms with Crippen LogP contribution < -0.4 is 19.1 Å². The van der Waals surface area contributed by atoms with E-state index in [1.165, 1.54) is 16.2 Å². The second kappa shape index (κ2) is 11.5. The summed E-state index contributed by atoms with van der Waals surface area (Å²) in [6, 6.07) is 15.5. The first kappa shape index (κ1) is 27.8. The number of benzene rings is 3. The Hall–Kier alpha value is -4.37. The van der Waals surface area contributed by atoms with E-state index in [4.69, 9.17) is 19.2 Å². The molecule has 3 aromatic carbocycles. The highest BCUT2D eigenvalue weighted by Crippen LogP contribution is 2.45. The number of aliphatic hydroxyl groups is 1. The number of hydrogen-bond acceptors (Lipinski definition) is 8. The fourth-order valence-corrected chi connectivity index (χ4v) is 6.61. The molecule has 42 heavy (non-hydrogen) atoms. The van der Waals surface area contributed by atoms with Gasteiger partial charge < -0.3 is 19.3 Å². The van der Waals surface area contributed by atoms with Gasteiger partial charge in [-0.2, -0.15) is 0 Å². The van der Waals surface area contributed by atoms with Gasteiger partial charge >= 0.3 is 5.91 Å².